The number of rotatable bonds is 7. The lowest BCUT2D eigenvalue weighted by atomic mass is 10.1. The van der Waals surface area contributed by atoms with E-state index in [1.807, 2.05) is 20.8 Å². The van der Waals surface area contributed by atoms with Gasteiger partial charge in [0.1, 0.15) is 5.75 Å². The van der Waals surface area contributed by atoms with E-state index < -0.39 is 0 Å². The minimum atomic E-state index is -0.257. The first kappa shape index (κ1) is 19.6. The van der Waals surface area contributed by atoms with E-state index in [9.17, 15) is 4.79 Å². The molecule has 134 valence electrons. The quantitative estimate of drug-likeness (QED) is 0.681. The number of halogens is 2. The fraction of sp³-hybridized carbons (Fsp3) is 0.316. The number of hydrogen-bond acceptors (Lipinski definition) is 3. The summed E-state index contributed by atoms with van der Waals surface area (Å²) in [5.74, 6) is 0.456. The Kier molecular flexibility index (Phi) is 7.12. The fourth-order valence-electron chi connectivity index (χ4n) is 2.22. The summed E-state index contributed by atoms with van der Waals surface area (Å²) < 4.78 is 11.3. The van der Waals surface area contributed by atoms with E-state index in [0.717, 1.165) is 5.56 Å². The Morgan fingerprint density at radius 2 is 1.80 bits per heavy atom. The number of carbonyl (C=O) groups excluding carboxylic acids is 1. The molecule has 0 heterocycles. The van der Waals surface area contributed by atoms with Gasteiger partial charge in [-0.2, -0.15) is 0 Å². The Bertz CT molecular complexity index is 727. The molecule has 0 saturated carbocycles. The molecule has 1 N–H and O–H groups in total. The van der Waals surface area contributed by atoms with Crippen molar-refractivity contribution >= 4 is 34.8 Å². The predicted molar refractivity (Wildman–Crippen MR) is 102 cm³/mol. The number of ether oxygens (including phenoxy) is 2. The monoisotopic (exact) mass is 381 g/mol. The van der Waals surface area contributed by atoms with Crippen LogP contribution in [0.25, 0.3) is 0 Å². The molecule has 4 nitrogen and oxygen atoms in total. The van der Waals surface area contributed by atoms with E-state index in [2.05, 4.69) is 5.32 Å². The minimum absolute atomic E-state index is 0.0839. The first-order valence-electron chi connectivity index (χ1n) is 8.03. The Balaban J connectivity index is 2.21. The van der Waals surface area contributed by atoms with Gasteiger partial charge in [0.05, 0.1) is 19.3 Å². The lowest BCUT2D eigenvalue weighted by Gasteiger charge is -2.14. The minimum Gasteiger partial charge on any atom is -0.494 e. The third kappa shape index (κ3) is 5.92. The van der Waals surface area contributed by atoms with Crippen molar-refractivity contribution in [2.24, 2.45) is 0 Å². The third-order valence-electron chi connectivity index (χ3n) is 3.32. The molecule has 0 unspecified atom stereocenters. The number of nitrogens with one attached hydrogen (secondary N) is 1. The molecule has 25 heavy (non-hydrogen) atoms. The first-order valence-corrected chi connectivity index (χ1v) is 8.79. The highest BCUT2D eigenvalue weighted by Gasteiger charge is 2.12. The van der Waals surface area contributed by atoms with Crippen LogP contribution in [0.3, 0.4) is 0 Å². The largest absolute Gasteiger partial charge is 0.494 e. The number of hydrogen-bond donors (Lipinski definition) is 1. The van der Waals surface area contributed by atoms with Crippen LogP contribution < -0.4 is 10.1 Å². The van der Waals surface area contributed by atoms with Crippen LogP contribution in [0.1, 0.15) is 36.7 Å². The molecule has 0 spiro atoms. The molecule has 0 saturated heterocycles. The highest BCUT2D eigenvalue weighted by atomic mass is 35.5. The van der Waals surface area contributed by atoms with E-state index >= 15 is 0 Å². The highest BCUT2D eigenvalue weighted by Crippen LogP contribution is 2.25. The van der Waals surface area contributed by atoms with Crippen LogP contribution in [0.2, 0.25) is 10.0 Å². The molecule has 0 aliphatic rings. The van der Waals surface area contributed by atoms with Gasteiger partial charge in [-0.1, -0.05) is 23.2 Å². The van der Waals surface area contributed by atoms with Gasteiger partial charge in [0, 0.05) is 26.9 Å². The topological polar surface area (TPSA) is 47.6 Å². The van der Waals surface area contributed by atoms with Crippen molar-refractivity contribution in [1.82, 2.24) is 0 Å². The van der Waals surface area contributed by atoms with Gasteiger partial charge in [0.15, 0.2) is 0 Å². The second-order valence-electron chi connectivity index (χ2n) is 5.73. The van der Waals surface area contributed by atoms with Gasteiger partial charge in [-0.15, -0.1) is 0 Å². The second kappa shape index (κ2) is 9.09. The normalized spacial score (nSPS) is 10.8. The van der Waals surface area contributed by atoms with Crippen LogP contribution in [0.4, 0.5) is 5.69 Å². The Morgan fingerprint density at radius 1 is 1.12 bits per heavy atom. The maximum Gasteiger partial charge on any atom is 0.255 e. The molecule has 0 aromatic heterocycles. The van der Waals surface area contributed by atoms with Crippen LogP contribution >= 0.6 is 23.2 Å². The average molecular weight is 382 g/mol. The summed E-state index contributed by atoms with van der Waals surface area (Å²) in [5.41, 5.74) is 1.87. The SMILES string of the molecule is CCOc1ccc(C(=O)Nc2cc(Cl)cc(Cl)c2)cc1COC(C)C. The summed E-state index contributed by atoms with van der Waals surface area (Å²) in [6.07, 6.45) is 0.0839. The Hall–Kier alpha value is -1.75. The summed E-state index contributed by atoms with van der Waals surface area (Å²) >= 11 is 11.9. The number of anilines is 1. The Labute approximate surface area is 158 Å². The van der Waals surface area contributed by atoms with Gasteiger partial charge in [-0.05, 0) is 57.2 Å². The zero-order valence-corrected chi connectivity index (χ0v) is 15.9. The van der Waals surface area contributed by atoms with Crippen LogP contribution in [0, 0.1) is 0 Å². The van der Waals surface area contributed by atoms with Crippen molar-refractivity contribution in [1.29, 1.82) is 0 Å². The van der Waals surface area contributed by atoms with Crippen molar-refractivity contribution in [2.45, 2.75) is 33.5 Å². The average Bonchev–Trinajstić information content (AvgIpc) is 2.53. The van der Waals surface area contributed by atoms with E-state index in [-0.39, 0.29) is 12.0 Å². The van der Waals surface area contributed by atoms with E-state index in [0.29, 0.717) is 40.3 Å². The van der Waals surface area contributed by atoms with E-state index in [4.69, 9.17) is 32.7 Å². The van der Waals surface area contributed by atoms with Crippen molar-refractivity contribution in [3.8, 4) is 5.75 Å². The van der Waals surface area contributed by atoms with Crippen molar-refractivity contribution in [3.05, 3.63) is 57.6 Å². The van der Waals surface area contributed by atoms with Gasteiger partial charge in [-0.25, -0.2) is 0 Å². The van der Waals surface area contributed by atoms with Gasteiger partial charge < -0.3 is 14.8 Å². The predicted octanol–water partition coefficient (Wildman–Crippen LogP) is 5.57. The molecule has 1 amide bonds. The molecule has 0 aliphatic carbocycles. The highest BCUT2D eigenvalue weighted by molar-refractivity contribution is 6.35. The van der Waals surface area contributed by atoms with Crippen molar-refractivity contribution in [2.75, 3.05) is 11.9 Å². The lowest BCUT2D eigenvalue weighted by molar-refractivity contribution is 0.0641. The van der Waals surface area contributed by atoms with Crippen LogP contribution in [0.15, 0.2) is 36.4 Å². The molecule has 2 aromatic carbocycles. The standard InChI is InChI=1S/C19H21Cl2NO3/c1-4-24-18-6-5-13(7-14(18)11-25-12(2)3)19(23)22-17-9-15(20)8-16(21)10-17/h5-10,12H,4,11H2,1-3H3,(H,22,23). The first-order chi connectivity index (χ1) is 11.9. The Morgan fingerprint density at radius 3 is 2.40 bits per heavy atom. The van der Waals surface area contributed by atoms with Gasteiger partial charge in [0.25, 0.3) is 5.91 Å². The summed E-state index contributed by atoms with van der Waals surface area (Å²) in [6.45, 7) is 6.74. The maximum atomic E-state index is 12.5. The molecule has 0 fully saturated rings. The summed E-state index contributed by atoms with van der Waals surface area (Å²) in [5, 5.41) is 3.71. The van der Waals surface area contributed by atoms with Crippen molar-refractivity contribution in [3.63, 3.8) is 0 Å². The third-order valence-corrected chi connectivity index (χ3v) is 3.75. The zero-order valence-electron chi connectivity index (χ0n) is 14.4. The summed E-state index contributed by atoms with van der Waals surface area (Å²) in [6, 6.07) is 10.2. The van der Waals surface area contributed by atoms with E-state index in [1.165, 1.54) is 0 Å². The van der Waals surface area contributed by atoms with Crippen LogP contribution in [0.5, 0.6) is 5.75 Å². The second-order valence-corrected chi connectivity index (χ2v) is 6.60. The molecular formula is C19H21Cl2NO3. The maximum absolute atomic E-state index is 12.5. The van der Waals surface area contributed by atoms with Crippen molar-refractivity contribution < 1.29 is 14.3 Å². The van der Waals surface area contributed by atoms with Gasteiger partial charge in [0.2, 0.25) is 0 Å². The fourth-order valence-corrected chi connectivity index (χ4v) is 2.74. The summed E-state index contributed by atoms with van der Waals surface area (Å²) in [4.78, 5) is 12.5. The van der Waals surface area contributed by atoms with E-state index in [1.54, 1.807) is 36.4 Å². The molecule has 2 rings (SSSR count). The molecule has 2 aromatic rings. The molecule has 0 atom stereocenters. The lowest BCUT2D eigenvalue weighted by Crippen LogP contribution is -2.13. The molecular weight excluding hydrogens is 361 g/mol. The smallest absolute Gasteiger partial charge is 0.255 e. The molecule has 0 bridgehead atoms. The molecule has 0 aliphatic heterocycles. The summed E-state index contributed by atoms with van der Waals surface area (Å²) in [7, 11) is 0. The number of amides is 1. The number of carbonyl (C=O) groups is 1. The molecule has 6 heteroatoms. The van der Waals surface area contributed by atoms with Gasteiger partial charge in [-0.3, -0.25) is 4.79 Å². The molecule has 0 radical (unpaired) electrons. The van der Waals surface area contributed by atoms with Crippen LogP contribution in [-0.4, -0.2) is 18.6 Å². The zero-order chi connectivity index (χ0) is 18.4. The number of benzene rings is 2. The van der Waals surface area contributed by atoms with Gasteiger partial charge >= 0.3 is 0 Å². The van der Waals surface area contributed by atoms with Crippen LogP contribution in [-0.2, 0) is 11.3 Å².